The van der Waals surface area contributed by atoms with Gasteiger partial charge in [-0.2, -0.15) is 0 Å². The van der Waals surface area contributed by atoms with Crippen molar-refractivity contribution >= 4 is 11.9 Å². The normalized spacial score (nSPS) is 32.7. The molecule has 0 spiro atoms. The molecule has 3 aliphatic rings. The van der Waals surface area contributed by atoms with Crippen LogP contribution in [0.1, 0.15) is 27.7 Å². The van der Waals surface area contributed by atoms with E-state index in [0.717, 1.165) is 0 Å². The molecule has 2 bridgehead atoms. The Morgan fingerprint density at radius 2 is 1.94 bits per heavy atom. The van der Waals surface area contributed by atoms with E-state index in [4.69, 9.17) is 9.47 Å². The van der Waals surface area contributed by atoms with Crippen molar-refractivity contribution < 1.29 is 19.1 Å². The van der Waals surface area contributed by atoms with E-state index in [1.54, 1.807) is 6.08 Å². The van der Waals surface area contributed by atoms with E-state index in [2.05, 4.69) is 20.3 Å². The summed E-state index contributed by atoms with van der Waals surface area (Å²) < 4.78 is 10.4. The van der Waals surface area contributed by atoms with Gasteiger partial charge < -0.3 is 9.47 Å². The average Bonchev–Trinajstić information content (AvgIpc) is 2.13. The van der Waals surface area contributed by atoms with E-state index in [0.29, 0.717) is 5.76 Å². The summed E-state index contributed by atoms with van der Waals surface area (Å²) in [4.78, 5) is 22.1. The number of allylic oxidation sites excluding steroid dienone is 1. The van der Waals surface area contributed by atoms with Gasteiger partial charge in [-0.05, 0) is 0 Å². The first-order valence-corrected chi connectivity index (χ1v) is 5.74. The summed E-state index contributed by atoms with van der Waals surface area (Å²) in [5, 5.41) is 0. The van der Waals surface area contributed by atoms with Gasteiger partial charge in [-0.15, -0.1) is 0 Å². The molecule has 0 radical (unpaired) electrons. The first-order valence-electron chi connectivity index (χ1n) is 5.74. The summed E-state index contributed by atoms with van der Waals surface area (Å²) in [7, 11) is 0. The molecule has 0 saturated heterocycles. The Labute approximate surface area is 101 Å². The summed E-state index contributed by atoms with van der Waals surface area (Å²) in [5.74, 6) is 0.297. The zero-order valence-electron chi connectivity index (χ0n) is 10.5. The largest absolute Gasteiger partial charge is 0.453 e. The van der Waals surface area contributed by atoms with Crippen LogP contribution < -0.4 is 0 Å². The predicted molar refractivity (Wildman–Crippen MR) is 60.5 cm³/mol. The van der Waals surface area contributed by atoms with Crippen LogP contribution in [0.2, 0.25) is 0 Å². The Balaban J connectivity index is 2.23. The van der Waals surface area contributed by atoms with Gasteiger partial charge in [0.1, 0.15) is 5.92 Å². The van der Waals surface area contributed by atoms with Crippen molar-refractivity contribution in [3.05, 3.63) is 18.3 Å². The zero-order valence-corrected chi connectivity index (χ0v) is 10.5. The van der Waals surface area contributed by atoms with Crippen molar-refractivity contribution in [1.29, 1.82) is 0 Å². The SMILES string of the molecule is CC(=O)OC1=CC(OC(C)=O)[C@H]2[CH+][C@@H]1C2(C)C. The quantitative estimate of drug-likeness (QED) is 0.543. The second-order valence-corrected chi connectivity index (χ2v) is 5.25. The summed E-state index contributed by atoms with van der Waals surface area (Å²) >= 11 is 0. The van der Waals surface area contributed by atoms with Crippen LogP contribution >= 0.6 is 0 Å². The van der Waals surface area contributed by atoms with Crippen LogP contribution in [-0.2, 0) is 19.1 Å². The fraction of sp³-hybridized carbons (Fsp3) is 0.615. The molecule has 3 atom stereocenters. The third-order valence-electron chi connectivity index (χ3n) is 3.61. The number of ether oxygens (including phenoxy) is 2. The second kappa shape index (κ2) is 3.79. The highest BCUT2D eigenvalue weighted by Crippen LogP contribution is 2.59. The molecule has 92 valence electrons. The maximum atomic E-state index is 11.0. The van der Waals surface area contributed by atoms with Gasteiger partial charge in [0.05, 0.1) is 11.8 Å². The van der Waals surface area contributed by atoms with Crippen LogP contribution in [0, 0.1) is 23.7 Å². The fourth-order valence-corrected chi connectivity index (χ4v) is 2.72. The lowest BCUT2D eigenvalue weighted by atomic mass is 9.49. The first kappa shape index (κ1) is 12.0. The molecule has 1 unspecified atom stereocenters. The first-order chi connectivity index (χ1) is 7.82. The molecule has 3 aliphatic carbocycles. The number of carbonyl (C=O) groups excluding carboxylic acids is 2. The second-order valence-electron chi connectivity index (χ2n) is 5.25. The van der Waals surface area contributed by atoms with Gasteiger partial charge in [0.25, 0.3) is 0 Å². The molecule has 0 aromatic carbocycles. The van der Waals surface area contributed by atoms with E-state index < -0.39 is 0 Å². The molecule has 17 heavy (non-hydrogen) atoms. The molecular weight excluding hydrogens is 220 g/mol. The molecule has 0 aromatic heterocycles. The maximum Gasteiger partial charge on any atom is 0.307 e. The third kappa shape index (κ3) is 1.92. The van der Waals surface area contributed by atoms with Crippen molar-refractivity contribution in [2.75, 3.05) is 0 Å². The number of fused-ring (bicyclic) bond motifs is 1. The Kier molecular flexibility index (Phi) is 2.68. The van der Waals surface area contributed by atoms with Crippen LogP contribution in [0.25, 0.3) is 0 Å². The molecule has 3 rings (SSSR count). The van der Waals surface area contributed by atoms with Crippen molar-refractivity contribution in [3.8, 4) is 0 Å². The van der Waals surface area contributed by atoms with Crippen molar-refractivity contribution in [1.82, 2.24) is 0 Å². The van der Waals surface area contributed by atoms with Crippen molar-refractivity contribution in [3.63, 3.8) is 0 Å². The van der Waals surface area contributed by atoms with E-state index in [-0.39, 0.29) is 35.3 Å². The molecule has 1 fully saturated rings. The highest BCUT2D eigenvalue weighted by Gasteiger charge is 2.67. The fourth-order valence-electron chi connectivity index (χ4n) is 2.72. The van der Waals surface area contributed by atoms with Gasteiger partial charge in [0.15, 0.2) is 17.8 Å². The molecule has 1 saturated carbocycles. The number of hydrogen-bond acceptors (Lipinski definition) is 4. The van der Waals surface area contributed by atoms with E-state index in [1.165, 1.54) is 13.8 Å². The third-order valence-corrected chi connectivity index (χ3v) is 3.61. The minimum Gasteiger partial charge on any atom is -0.453 e. The molecule has 0 N–H and O–H groups in total. The maximum absolute atomic E-state index is 11.0. The van der Waals surface area contributed by atoms with Crippen molar-refractivity contribution in [2.24, 2.45) is 17.3 Å². The average molecular weight is 237 g/mol. The topological polar surface area (TPSA) is 52.6 Å². The Morgan fingerprint density at radius 3 is 2.41 bits per heavy atom. The molecule has 0 heterocycles. The Hall–Kier alpha value is -1.45. The molecule has 0 aromatic rings. The molecule has 4 nitrogen and oxygen atoms in total. The van der Waals surface area contributed by atoms with E-state index in [1.807, 2.05) is 0 Å². The van der Waals surface area contributed by atoms with Gasteiger partial charge in [-0.1, -0.05) is 13.8 Å². The smallest absolute Gasteiger partial charge is 0.307 e. The van der Waals surface area contributed by atoms with Gasteiger partial charge in [-0.25, -0.2) is 0 Å². The van der Waals surface area contributed by atoms with Gasteiger partial charge in [0.2, 0.25) is 0 Å². The number of esters is 2. The van der Waals surface area contributed by atoms with Crippen LogP contribution in [0.3, 0.4) is 0 Å². The highest BCUT2D eigenvalue weighted by atomic mass is 16.6. The van der Waals surface area contributed by atoms with Gasteiger partial charge in [0, 0.05) is 19.9 Å². The minimum absolute atomic E-state index is 0.0281. The van der Waals surface area contributed by atoms with E-state index >= 15 is 0 Å². The van der Waals surface area contributed by atoms with Crippen LogP contribution in [0.15, 0.2) is 11.8 Å². The molecule has 0 aliphatic heterocycles. The summed E-state index contributed by atoms with van der Waals surface area (Å²) in [6, 6.07) is 0. The minimum atomic E-state index is -0.340. The molecule has 4 heteroatoms. The summed E-state index contributed by atoms with van der Waals surface area (Å²) in [6.45, 7) is 6.95. The lowest BCUT2D eigenvalue weighted by Gasteiger charge is -2.48. The standard InChI is InChI=1S/C13H17O4/c1-7(14)16-11-6-12(17-8(2)15)10-5-9(11)13(10,3)4/h5-6,9-11H,1-4H3/q+1/t9-,10+,11?/m1/s1. The summed E-state index contributed by atoms with van der Waals surface area (Å²) in [6.07, 6.45) is 3.52. The lowest BCUT2D eigenvalue weighted by Crippen LogP contribution is -2.56. The lowest BCUT2D eigenvalue weighted by molar-refractivity contribution is -0.155. The van der Waals surface area contributed by atoms with Crippen LogP contribution in [0.4, 0.5) is 0 Å². The Bertz CT molecular complexity index is 394. The van der Waals surface area contributed by atoms with E-state index in [9.17, 15) is 9.59 Å². The number of carbonyl (C=O) groups is 2. The van der Waals surface area contributed by atoms with Gasteiger partial charge >= 0.3 is 11.9 Å². The van der Waals surface area contributed by atoms with Crippen molar-refractivity contribution in [2.45, 2.75) is 33.8 Å². The number of rotatable bonds is 2. The zero-order chi connectivity index (χ0) is 12.8. The monoisotopic (exact) mass is 237 g/mol. The van der Waals surface area contributed by atoms with Crippen LogP contribution in [-0.4, -0.2) is 18.0 Å². The number of hydrogen-bond donors (Lipinski definition) is 0. The van der Waals surface area contributed by atoms with Crippen LogP contribution in [0.5, 0.6) is 0 Å². The highest BCUT2D eigenvalue weighted by molar-refractivity contribution is 5.68. The molecule has 0 amide bonds. The summed E-state index contributed by atoms with van der Waals surface area (Å²) in [5.41, 5.74) is -0.0281. The van der Waals surface area contributed by atoms with Gasteiger partial charge in [-0.3, -0.25) is 9.59 Å². The predicted octanol–water partition coefficient (Wildman–Crippen LogP) is 1.86. The Morgan fingerprint density at radius 1 is 1.29 bits per heavy atom. The molecular formula is C13H17O4+.